The minimum Gasteiger partial charge on any atom is -0.486 e. The minimum absolute atomic E-state index is 0.00627. The summed E-state index contributed by atoms with van der Waals surface area (Å²) in [6, 6.07) is 0.572. The van der Waals surface area contributed by atoms with Crippen molar-refractivity contribution in [1.82, 2.24) is 9.62 Å². The van der Waals surface area contributed by atoms with E-state index in [9.17, 15) is 34.8 Å². The van der Waals surface area contributed by atoms with E-state index >= 15 is 0 Å². The van der Waals surface area contributed by atoms with Crippen molar-refractivity contribution in [2.45, 2.75) is 36.1 Å². The molecule has 1 aromatic carbocycles. The van der Waals surface area contributed by atoms with Crippen molar-refractivity contribution in [3.05, 3.63) is 18.2 Å². The predicted molar refractivity (Wildman–Crippen MR) is 92.8 cm³/mol. The molecule has 6 nitrogen and oxygen atoms in total. The summed E-state index contributed by atoms with van der Waals surface area (Å²) in [6.45, 7) is -0.327. The van der Waals surface area contributed by atoms with Crippen LogP contribution in [0.4, 0.5) is 26.3 Å². The summed E-state index contributed by atoms with van der Waals surface area (Å²) in [5.41, 5.74) is 0. The van der Waals surface area contributed by atoms with E-state index in [2.05, 4.69) is 4.72 Å². The fourth-order valence-corrected chi connectivity index (χ4v) is 4.65. The van der Waals surface area contributed by atoms with Crippen molar-refractivity contribution in [3.8, 4) is 11.5 Å². The number of nitrogens with one attached hydrogen (secondary N) is 1. The van der Waals surface area contributed by atoms with Crippen LogP contribution < -0.4 is 14.2 Å². The molecule has 2 heterocycles. The van der Waals surface area contributed by atoms with E-state index in [-0.39, 0.29) is 42.6 Å². The van der Waals surface area contributed by atoms with E-state index in [1.54, 1.807) is 0 Å². The van der Waals surface area contributed by atoms with E-state index in [0.717, 1.165) is 0 Å². The van der Waals surface area contributed by atoms with Gasteiger partial charge in [0.25, 0.3) is 0 Å². The molecule has 30 heavy (non-hydrogen) atoms. The second-order valence-electron chi connectivity index (χ2n) is 7.12. The zero-order chi connectivity index (χ0) is 22.2. The number of benzene rings is 1. The molecule has 0 saturated carbocycles. The molecule has 0 unspecified atom stereocenters. The van der Waals surface area contributed by atoms with Gasteiger partial charge in [0.2, 0.25) is 16.1 Å². The highest BCUT2D eigenvalue weighted by atomic mass is 32.2. The molecule has 0 spiro atoms. The summed E-state index contributed by atoms with van der Waals surface area (Å²) < 4.78 is 115. The number of piperidine rings is 1. The molecule has 2 aliphatic heterocycles. The lowest BCUT2D eigenvalue weighted by molar-refractivity contribution is -0.289. The van der Waals surface area contributed by atoms with Gasteiger partial charge in [0.1, 0.15) is 13.2 Å². The van der Waals surface area contributed by atoms with Crippen LogP contribution in [0, 0.1) is 5.92 Å². The summed E-state index contributed by atoms with van der Waals surface area (Å²) >= 11 is 0. The third-order valence-corrected chi connectivity index (χ3v) is 6.44. The number of halogens is 6. The van der Waals surface area contributed by atoms with E-state index in [4.69, 9.17) is 9.47 Å². The van der Waals surface area contributed by atoms with Crippen LogP contribution in [0.3, 0.4) is 0 Å². The maximum Gasteiger partial charge on any atom is 0.412 e. The third kappa shape index (κ3) is 5.30. The average Bonchev–Trinajstić information content (AvgIpc) is 2.65. The molecule has 0 radical (unpaired) electrons. The van der Waals surface area contributed by atoms with Gasteiger partial charge >= 0.3 is 12.4 Å². The number of fused-ring (bicyclic) bond motifs is 1. The smallest absolute Gasteiger partial charge is 0.412 e. The molecule has 13 heteroatoms. The molecule has 0 atom stereocenters. The first-order chi connectivity index (χ1) is 13.9. The maximum atomic E-state index is 12.8. The fourth-order valence-electron chi connectivity index (χ4n) is 3.52. The van der Waals surface area contributed by atoms with Gasteiger partial charge in [0, 0.05) is 12.6 Å². The Morgan fingerprint density at radius 2 is 1.57 bits per heavy atom. The molecule has 1 aromatic rings. The van der Waals surface area contributed by atoms with Gasteiger partial charge in [-0.15, -0.1) is 0 Å². The topological polar surface area (TPSA) is 67.9 Å². The Morgan fingerprint density at radius 1 is 1.00 bits per heavy atom. The van der Waals surface area contributed by atoms with Gasteiger partial charge in [-0.2, -0.15) is 26.3 Å². The zero-order valence-electron chi connectivity index (χ0n) is 15.6. The molecular weight excluding hydrogens is 442 g/mol. The third-order valence-electron chi connectivity index (χ3n) is 5.02. The first-order valence-electron chi connectivity index (χ1n) is 9.15. The minimum atomic E-state index is -5.43. The van der Waals surface area contributed by atoms with Crippen LogP contribution in [0.25, 0.3) is 0 Å². The largest absolute Gasteiger partial charge is 0.486 e. The molecule has 170 valence electrons. The van der Waals surface area contributed by atoms with Crippen molar-refractivity contribution < 1.29 is 44.2 Å². The lowest BCUT2D eigenvalue weighted by Crippen LogP contribution is -2.57. The molecule has 2 aliphatic rings. The van der Waals surface area contributed by atoms with Crippen LogP contribution in [-0.4, -0.2) is 64.6 Å². The fraction of sp³-hybridized carbons (Fsp3) is 0.647. The van der Waals surface area contributed by atoms with Crippen molar-refractivity contribution in [2.24, 2.45) is 5.92 Å². The first-order valence-corrected chi connectivity index (χ1v) is 10.6. The highest BCUT2D eigenvalue weighted by molar-refractivity contribution is 7.89. The Bertz CT molecular complexity index is 837. The number of nitrogens with zero attached hydrogens (tertiary/aromatic N) is 1. The second kappa shape index (κ2) is 8.42. The molecule has 0 amide bonds. The van der Waals surface area contributed by atoms with Crippen LogP contribution in [-0.2, 0) is 10.0 Å². The highest BCUT2D eigenvalue weighted by Crippen LogP contribution is 2.39. The van der Waals surface area contributed by atoms with Crippen molar-refractivity contribution >= 4 is 10.0 Å². The van der Waals surface area contributed by atoms with Crippen LogP contribution in [0.15, 0.2) is 23.1 Å². The number of rotatable bonds is 5. The number of likely N-dealkylation sites (tertiary alicyclic amines) is 1. The Balaban J connectivity index is 1.57. The van der Waals surface area contributed by atoms with Crippen LogP contribution in [0.1, 0.15) is 12.8 Å². The van der Waals surface area contributed by atoms with Gasteiger partial charge in [-0.25, -0.2) is 13.1 Å². The monoisotopic (exact) mass is 462 g/mol. The van der Waals surface area contributed by atoms with Crippen molar-refractivity contribution in [1.29, 1.82) is 0 Å². The van der Waals surface area contributed by atoms with Gasteiger partial charge in [-0.3, -0.25) is 4.90 Å². The average molecular weight is 462 g/mol. The number of ether oxygens (including phenoxy) is 2. The van der Waals surface area contributed by atoms with E-state index in [0.29, 0.717) is 17.3 Å². The van der Waals surface area contributed by atoms with Gasteiger partial charge in [0.15, 0.2) is 11.5 Å². The first kappa shape index (κ1) is 22.9. The SMILES string of the molecule is O=S(=O)(NCC1CCN(C(C(F)(F)F)C(F)(F)F)CC1)c1ccc2c(c1)OCCO2. The number of alkyl halides is 6. The summed E-state index contributed by atoms with van der Waals surface area (Å²) in [6.07, 6.45) is -10.8. The van der Waals surface area contributed by atoms with Crippen LogP contribution in [0.5, 0.6) is 11.5 Å². The highest BCUT2D eigenvalue weighted by Gasteiger charge is 2.59. The summed E-state index contributed by atoms with van der Waals surface area (Å²) in [7, 11) is -3.93. The van der Waals surface area contributed by atoms with Gasteiger partial charge < -0.3 is 9.47 Å². The molecule has 0 aromatic heterocycles. The Morgan fingerprint density at radius 3 is 2.13 bits per heavy atom. The Labute approximate surface area is 169 Å². The van der Waals surface area contributed by atoms with E-state index in [1.807, 2.05) is 0 Å². The summed E-state index contributed by atoms with van der Waals surface area (Å²) in [4.78, 5) is 0.282. The van der Waals surface area contributed by atoms with Gasteiger partial charge in [-0.05, 0) is 44.0 Å². The Hall–Kier alpha value is -1.73. The molecule has 0 bridgehead atoms. The zero-order valence-corrected chi connectivity index (χ0v) is 16.4. The quantitative estimate of drug-likeness (QED) is 0.682. The summed E-state index contributed by atoms with van der Waals surface area (Å²) in [5, 5.41) is 0. The summed E-state index contributed by atoms with van der Waals surface area (Å²) in [5.74, 6) is 0.314. The number of hydrogen-bond acceptors (Lipinski definition) is 5. The Kier molecular flexibility index (Phi) is 6.44. The van der Waals surface area contributed by atoms with Crippen LogP contribution in [0.2, 0.25) is 0 Å². The van der Waals surface area contributed by atoms with Crippen LogP contribution >= 0.6 is 0 Å². The predicted octanol–water partition coefficient (Wildman–Crippen LogP) is 2.94. The van der Waals surface area contributed by atoms with Crippen molar-refractivity contribution in [3.63, 3.8) is 0 Å². The normalized spacial score (nSPS) is 19.3. The molecule has 0 aliphatic carbocycles. The molecule has 1 saturated heterocycles. The van der Waals surface area contributed by atoms with E-state index in [1.165, 1.54) is 18.2 Å². The second-order valence-corrected chi connectivity index (χ2v) is 8.89. The number of sulfonamides is 1. The van der Waals surface area contributed by atoms with Gasteiger partial charge in [0.05, 0.1) is 4.90 Å². The molecule has 1 fully saturated rings. The maximum absolute atomic E-state index is 12.8. The van der Waals surface area contributed by atoms with E-state index < -0.39 is 41.5 Å². The molecule has 1 N–H and O–H groups in total. The van der Waals surface area contributed by atoms with Gasteiger partial charge in [-0.1, -0.05) is 0 Å². The standard InChI is InChI=1S/C17H20F6N2O4S/c18-16(19,20)15(17(21,22)23)25-5-3-11(4-6-25)10-24-30(26,27)12-1-2-13-14(9-12)29-8-7-28-13/h1-2,9,11,15,24H,3-8,10H2. The molecular formula is C17H20F6N2O4S. The molecule has 3 rings (SSSR count). The lowest BCUT2D eigenvalue weighted by atomic mass is 9.96. The lowest BCUT2D eigenvalue weighted by Gasteiger charge is -2.38. The van der Waals surface area contributed by atoms with Crippen molar-refractivity contribution in [2.75, 3.05) is 32.8 Å². The number of hydrogen-bond donors (Lipinski definition) is 1.